The highest BCUT2D eigenvalue weighted by Gasteiger charge is 2.19. The van der Waals surface area contributed by atoms with E-state index in [0.717, 1.165) is 12.8 Å². The molecule has 102 valence electrons. The second-order valence-corrected chi connectivity index (χ2v) is 4.17. The van der Waals surface area contributed by atoms with E-state index in [-0.39, 0.29) is 18.3 Å². The Morgan fingerprint density at radius 3 is 2.56 bits per heavy atom. The van der Waals surface area contributed by atoms with E-state index >= 15 is 0 Å². The van der Waals surface area contributed by atoms with Crippen molar-refractivity contribution >= 4 is 11.7 Å². The first-order chi connectivity index (χ1) is 8.63. The molecule has 6 heteroatoms. The number of aromatic nitrogens is 2. The fourth-order valence-electron chi connectivity index (χ4n) is 1.83. The van der Waals surface area contributed by atoms with Gasteiger partial charge >= 0.3 is 0 Å². The summed E-state index contributed by atoms with van der Waals surface area (Å²) < 4.78 is 13.6. The van der Waals surface area contributed by atoms with Crippen molar-refractivity contribution in [3.8, 4) is 0 Å². The Hall–Kier alpha value is -1.59. The van der Waals surface area contributed by atoms with Crippen LogP contribution in [0.4, 0.5) is 10.2 Å². The van der Waals surface area contributed by atoms with Crippen LogP contribution in [-0.2, 0) is 6.54 Å². The summed E-state index contributed by atoms with van der Waals surface area (Å²) in [7, 11) is 0. The topological polar surface area (TPSA) is 64.2 Å². The molecule has 1 rings (SSSR count). The molecule has 1 aromatic rings. The molecule has 18 heavy (non-hydrogen) atoms. The summed E-state index contributed by atoms with van der Waals surface area (Å²) in [5.41, 5.74) is 6.07. The highest BCUT2D eigenvalue weighted by molar-refractivity contribution is 5.98. The van der Waals surface area contributed by atoms with E-state index in [1.807, 2.05) is 13.8 Å². The molecular weight excluding hydrogens is 235 g/mol. The van der Waals surface area contributed by atoms with Crippen LogP contribution >= 0.6 is 0 Å². The summed E-state index contributed by atoms with van der Waals surface area (Å²) in [4.78, 5) is 14.0. The third-order valence-electron chi connectivity index (χ3n) is 2.61. The molecular formula is C12H21FN4O. The first-order valence-electron chi connectivity index (χ1n) is 6.32. The van der Waals surface area contributed by atoms with Gasteiger partial charge < -0.3 is 10.6 Å². The number of alkyl halides is 1. The number of aryl methyl sites for hydroxylation is 1. The average molecular weight is 256 g/mol. The lowest BCUT2D eigenvalue weighted by molar-refractivity contribution is 0.0756. The van der Waals surface area contributed by atoms with Gasteiger partial charge in [0.15, 0.2) is 5.82 Å². The van der Waals surface area contributed by atoms with Crippen molar-refractivity contribution in [1.29, 1.82) is 0 Å². The van der Waals surface area contributed by atoms with Crippen LogP contribution in [0.15, 0.2) is 6.20 Å². The number of rotatable bonds is 7. The van der Waals surface area contributed by atoms with E-state index in [9.17, 15) is 9.18 Å². The van der Waals surface area contributed by atoms with E-state index in [0.29, 0.717) is 18.7 Å². The van der Waals surface area contributed by atoms with Gasteiger partial charge in [0.25, 0.3) is 5.91 Å². The average Bonchev–Trinajstić information content (AvgIpc) is 2.70. The number of anilines is 1. The molecule has 0 atom stereocenters. The van der Waals surface area contributed by atoms with Gasteiger partial charge in [0.1, 0.15) is 12.2 Å². The Balaban J connectivity index is 2.86. The maximum absolute atomic E-state index is 12.3. The number of nitrogens with two attached hydrogens (primary N) is 1. The molecule has 1 aromatic heterocycles. The minimum atomic E-state index is -0.525. The minimum Gasteiger partial charge on any atom is -0.382 e. The van der Waals surface area contributed by atoms with Gasteiger partial charge in [0.05, 0.1) is 6.54 Å². The van der Waals surface area contributed by atoms with Crippen LogP contribution in [0, 0.1) is 0 Å². The molecule has 0 aromatic carbocycles. The maximum Gasteiger partial charge on any atom is 0.259 e. The summed E-state index contributed by atoms with van der Waals surface area (Å²) in [5.74, 6) is 0.0481. The molecule has 0 aliphatic heterocycles. The molecule has 1 heterocycles. The van der Waals surface area contributed by atoms with Crippen molar-refractivity contribution in [1.82, 2.24) is 14.7 Å². The fraction of sp³-hybridized carbons (Fsp3) is 0.667. The predicted molar refractivity (Wildman–Crippen MR) is 69.1 cm³/mol. The Morgan fingerprint density at radius 1 is 1.44 bits per heavy atom. The molecule has 0 saturated heterocycles. The van der Waals surface area contributed by atoms with Crippen LogP contribution in [0.5, 0.6) is 0 Å². The van der Waals surface area contributed by atoms with Crippen molar-refractivity contribution in [2.75, 3.05) is 25.5 Å². The van der Waals surface area contributed by atoms with Crippen molar-refractivity contribution in [3.05, 3.63) is 11.8 Å². The maximum atomic E-state index is 12.3. The SMILES string of the molecule is CCCN(CCC)C(=O)c1cn(CCF)nc1N. The molecule has 0 bridgehead atoms. The van der Waals surface area contributed by atoms with E-state index in [1.54, 1.807) is 4.90 Å². The lowest BCUT2D eigenvalue weighted by Gasteiger charge is -2.20. The van der Waals surface area contributed by atoms with Gasteiger partial charge in [-0.15, -0.1) is 0 Å². The molecule has 0 unspecified atom stereocenters. The van der Waals surface area contributed by atoms with Crippen molar-refractivity contribution in [2.45, 2.75) is 33.2 Å². The largest absolute Gasteiger partial charge is 0.382 e. The number of carbonyl (C=O) groups is 1. The molecule has 2 N–H and O–H groups in total. The van der Waals surface area contributed by atoms with Gasteiger partial charge in [-0.2, -0.15) is 5.10 Å². The third kappa shape index (κ3) is 3.45. The summed E-state index contributed by atoms with van der Waals surface area (Å²) in [6.45, 7) is 5.03. The number of nitrogen functional groups attached to an aromatic ring is 1. The minimum absolute atomic E-state index is 0.124. The van der Waals surface area contributed by atoms with Gasteiger partial charge in [-0.1, -0.05) is 13.8 Å². The van der Waals surface area contributed by atoms with Crippen molar-refractivity contribution < 1.29 is 9.18 Å². The number of hydrogen-bond donors (Lipinski definition) is 1. The summed E-state index contributed by atoms with van der Waals surface area (Å²) in [5, 5.41) is 3.93. The number of amides is 1. The Kier molecular flexibility index (Phi) is 5.61. The highest BCUT2D eigenvalue weighted by atomic mass is 19.1. The number of hydrogen-bond acceptors (Lipinski definition) is 3. The standard InChI is InChI=1S/C12H21FN4O/c1-3-6-16(7-4-2)12(18)10-9-17(8-5-13)15-11(10)14/h9H,3-8H2,1-2H3,(H2,14,15). The fourth-order valence-corrected chi connectivity index (χ4v) is 1.83. The Bertz CT molecular complexity index is 385. The first-order valence-corrected chi connectivity index (χ1v) is 6.32. The molecule has 0 spiro atoms. The van der Waals surface area contributed by atoms with Crippen LogP contribution in [-0.4, -0.2) is 40.4 Å². The Labute approximate surface area is 107 Å². The molecule has 0 aliphatic rings. The lowest BCUT2D eigenvalue weighted by atomic mass is 10.2. The third-order valence-corrected chi connectivity index (χ3v) is 2.61. The van der Waals surface area contributed by atoms with Crippen LogP contribution in [0.2, 0.25) is 0 Å². The zero-order valence-electron chi connectivity index (χ0n) is 11.0. The number of halogens is 1. The van der Waals surface area contributed by atoms with Crippen LogP contribution < -0.4 is 5.73 Å². The smallest absolute Gasteiger partial charge is 0.259 e. The van der Waals surface area contributed by atoms with E-state index in [4.69, 9.17) is 5.73 Å². The predicted octanol–water partition coefficient (Wildman–Crippen LogP) is 1.70. The number of carbonyl (C=O) groups excluding carboxylic acids is 1. The van der Waals surface area contributed by atoms with Crippen molar-refractivity contribution in [3.63, 3.8) is 0 Å². The van der Waals surface area contributed by atoms with Gasteiger partial charge in [-0.25, -0.2) is 4.39 Å². The molecule has 0 fully saturated rings. The van der Waals surface area contributed by atoms with Gasteiger partial charge in [0, 0.05) is 19.3 Å². The lowest BCUT2D eigenvalue weighted by Crippen LogP contribution is -2.32. The quantitative estimate of drug-likeness (QED) is 0.807. The summed E-state index contributed by atoms with van der Waals surface area (Å²) >= 11 is 0. The summed E-state index contributed by atoms with van der Waals surface area (Å²) in [6.07, 6.45) is 3.31. The van der Waals surface area contributed by atoms with Gasteiger partial charge in [0.2, 0.25) is 0 Å². The van der Waals surface area contributed by atoms with E-state index < -0.39 is 6.67 Å². The van der Waals surface area contributed by atoms with Crippen LogP contribution in [0.25, 0.3) is 0 Å². The molecule has 1 amide bonds. The van der Waals surface area contributed by atoms with E-state index in [1.165, 1.54) is 10.9 Å². The molecule has 0 radical (unpaired) electrons. The number of nitrogens with zero attached hydrogens (tertiary/aromatic N) is 3. The van der Waals surface area contributed by atoms with Crippen LogP contribution in [0.3, 0.4) is 0 Å². The Morgan fingerprint density at radius 2 is 2.06 bits per heavy atom. The van der Waals surface area contributed by atoms with Crippen LogP contribution in [0.1, 0.15) is 37.0 Å². The monoisotopic (exact) mass is 256 g/mol. The molecule has 5 nitrogen and oxygen atoms in total. The van der Waals surface area contributed by atoms with E-state index in [2.05, 4.69) is 5.10 Å². The normalized spacial score (nSPS) is 10.6. The van der Waals surface area contributed by atoms with Gasteiger partial charge in [-0.05, 0) is 12.8 Å². The van der Waals surface area contributed by atoms with Crippen molar-refractivity contribution in [2.24, 2.45) is 0 Å². The first kappa shape index (κ1) is 14.5. The molecule has 0 aliphatic carbocycles. The second kappa shape index (κ2) is 6.98. The summed E-state index contributed by atoms with van der Waals surface area (Å²) in [6, 6.07) is 0. The zero-order valence-corrected chi connectivity index (χ0v) is 11.0. The highest BCUT2D eigenvalue weighted by Crippen LogP contribution is 2.13. The zero-order chi connectivity index (χ0) is 13.5. The van der Waals surface area contributed by atoms with Gasteiger partial charge in [-0.3, -0.25) is 9.48 Å². The molecule has 0 saturated carbocycles. The second-order valence-electron chi connectivity index (χ2n) is 4.17.